The summed E-state index contributed by atoms with van der Waals surface area (Å²) < 4.78 is 5.70. The van der Waals surface area contributed by atoms with Gasteiger partial charge in [0.2, 0.25) is 0 Å². The minimum Gasteiger partial charge on any atom is -0.465 e. The molecule has 0 aliphatic heterocycles. The van der Waals surface area contributed by atoms with Crippen molar-refractivity contribution >= 4 is 34.6 Å². The number of nitrogens with zero attached hydrogens (tertiary/aromatic N) is 1. The van der Waals surface area contributed by atoms with Crippen molar-refractivity contribution in [2.75, 3.05) is 7.11 Å². The van der Waals surface area contributed by atoms with Gasteiger partial charge in [0, 0.05) is 5.69 Å². The lowest BCUT2D eigenvalue weighted by Gasteiger charge is -2.04. The van der Waals surface area contributed by atoms with Gasteiger partial charge in [-0.25, -0.2) is 4.79 Å². The second kappa shape index (κ2) is 10.5. The van der Waals surface area contributed by atoms with E-state index in [1.165, 1.54) is 50.3 Å². The Morgan fingerprint density at radius 2 is 1.96 bits per heavy atom. The van der Waals surface area contributed by atoms with Gasteiger partial charge in [-0.1, -0.05) is 39.0 Å². The molecule has 4 nitrogen and oxygen atoms in total. The summed E-state index contributed by atoms with van der Waals surface area (Å²) >= 11 is 2.25. The number of nitrogens with one attached hydrogen (secondary N) is 1. The highest BCUT2D eigenvalue weighted by Crippen LogP contribution is 2.24. The third kappa shape index (κ3) is 6.02. The molecular weight excluding hydrogens is 403 g/mol. The van der Waals surface area contributed by atoms with E-state index in [1.807, 2.05) is 6.07 Å². The average molecular weight is 428 g/mol. The molecule has 126 valence electrons. The van der Waals surface area contributed by atoms with Crippen LogP contribution in [0.4, 0.5) is 0 Å². The smallest absolute Gasteiger partial charge is 0.348 e. The predicted octanol–water partition coefficient (Wildman–Crippen LogP) is 4.91. The van der Waals surface area contributed by atoms with Crippen molar-refractivity contribution in [1.29, 1.82) is 5.26 Å². The summed E-state index contributed by atoms with van der Waals surface area (Å²) in [6.45, 7) is 4.30. The minimum atomic E-state index is -0.597. The topological polar surface area (TPSA) is 65.9 Å². The first kappa shape index (κ1) is 19.8. The first-order chi connectivity index (χ1) is 11.0. The van der Waals surface area contributed by atoms with Crippen LogP contribution < -0.4 is 0 Å². The quantitative estimate of drug-likeness (QED) is 0.200. The van der Waals surface area contributed by atoms with Crippen molar-refractivity contribution in [3.05, 3.63) is 26.1 Å². The van der Waals surface area contributed by atoms with E-state index in [-0.39, 0.29) is 5.57 Å². The van der Waals surface area contributed by atoms with Gasteiger partial charge in [0.1, 0.15) is 11.6 Å². The van der Waals surface area contributed by atoms with Crippen LogP contribution in [0.2, 0.25) is 0 Å². The van der Waals surface area contributed by atoms with Gasteiger partial charge in [0.15, 0.2) is 0 Å². The van der Waals surface area contributed by atoms with Crippen LogP contribution in [0.15, 0.2) is 5.57 Å². The summed E-state index contributed by atoms with van der Waals surface area (Å²) in [6, 6.07) is 1.91. The molecule has 0 aliphatic carbocycles. The van der Waals surface area contributed by atoms with E-state index in [0.29, 0.717) is 0 Å². The van der Waals surface area contributed by atoms with Crippen LogP contribution >= 0.6 is 22.6 Å². The van der Waals surface area contributed by atoms with Crippen molar-refractivity contribution in [2.45, 2.75) is 58.8 Å². The molecule has 0 bridgehead atoms. The van der Waals surface area contributed by atoms with Gasteiger partial charge >= 0.3 is 5.97 Å². The third-order valence-corrected chi connectivity index (χ3v) is 5.02. The molecule has 1 heterocycles. The molecular formula is C18H25IN2O2. The molecule has 5 heteroatoms. The lowest BCUT2D eigenvalue weighted by atomic mass is 10.0. The summed E-state index contributed by atoms with van der Waals surface area (Å²) in [5.74, 6) is -0.597. The highest BCUT2D eigenvalue weighted by atomic mass is 127. The zero-order valence-electron chi connectivity index (χ0n) is 14.2. The number of methoxy groups -OCH3 is 1. The number of esters is 1. The van der Waals surface area contributed by atoms with Gasteiger partial charge in [0.25, 0.3) is 0 Å². The van der Waals surface area contributed by atoms with Gasteiger partial charge < -0.3 is 9.72 Å². The molecule has 0 fully saturated rings. The number of H-pyrrole nitrogens is 1. The number of carbonyl (C=O) groups excluding carboxylic acids is 1. The SMILES string of the molecule is CCCCCCCCc1c(/C=C(\C#N)C(=O)OC)[nH]c(I)c1C. The highest BCUT2D eigenvalue weighted by molar-refractivity contribution is 14.1. The molecule has 0 aliphatic rings. The Labute approximate surface area is 152 Å². The summed E-state index contributed by atoms with van der Waals surface area (Å²) in [5, 5.41) is 9.12. The molecule has 0 spiro atoms. The van der Waals surface area contributed by atoms with Gasteiger partial charge in [-0.15, -0.1) is 0 Å². The Balaban J connectivity index is 2.82. The number of unbranched alkanes of at least 4 members (excludes halogenated alkanes) is 5. The minimum absolute atomic E-state index is 0.0225. The lowest BCUT2D eigenvalue weighted by Crippen LogP contribution is -2.03. The van der Waals surface area contributed by atoms with Crippen LogP contribution in [0.3, 0.4) is 0 Å². The predicted molar refractivity (Wildman–Crippen MR) is 101 cm³/mol. The van der Waals surface area contributed by atoms with Crippen molar-refractivity contribution in [1.82, 2.24) is 4.98 Å². The van der Waals surface area contributed by atoms with Crippen molar-refractivity contribution in [3.63, 3.8) is 0 Å². The maximum Gasteiger partial charge on any atom is 0.348 e. The first-order valence-electron chi connectivity index (χ1n) is 8.12. The molecule has 0 saturated heterocycles. The maximum absolute atomic E-state index is 11.6. The second-order valence-electron chi connectivity index (χ2n) is 5.64. The first-order valence-corrected chi connectivity index (χ1v) is 9.20. The number of aromatic nitrogens is 1. The summed E-state index contributed by atoms with van der Waals surface area (Å²) in [4.78, 5) is 14.9. The Bertz CT molecular complexity index is 597. The Hall–Kier alpha value is -1.29. The molecule has 0 atom stereocenters. The number of carbonyl (C=O) groups is 1. The molecule has 0 unspecified atom stereocenters. The number of nitriles is 1. The molecule has 1 aromatic rings. The Morgan fingerprint density at radius 3 is 2.57 bits per heavy atom. The Morgan fingerprint density at radius 1 is 1.30 bits per heavy atom. The molecule has 1 aromatic heterocycles. The van der Waals surface area contributed by atoms with E-state index < -0.39 is 5.97 Å². The highest BCUT2D eigenvalue weighted by Gasteiger charge is 2.15. The second-order valence-corrected chi connectivity index (χ2v) is 6.71. The van der Waals surface area contributed by atoms with Gasteiger partial charge in [-0.2, -0.15) is 5.26 Å². The Kier molecular flexibility index (Phi) is 9.00. The van der Waals surface area contributed by atoms with Gasteiger partial charge in [-0.3, -0.25) is 0 Å². The zero-order chi connectivity index (χ0) is 17.2. The molecule has 0 radical (unpaired) electrons. The van der Waals surface area contributed by atoms with E-state index in [1.54, 1.807) is 6.08 Å². The number of halogens is 1. The number of rotatable bonds is 9. The average Bonchev–Trinajstić information content (AvgIpc) is 2.82. The molecule has 0 aromatic carbocycles. The molecule has 1 N–H and O–H groups in total. The van der Waals surface area contributed by atoms with Crippen molar-refractivity contribution in [2.24, 2.45) is 0 Å². The zero-order valence-corrected chi connectivity index (χ0v) is 16.3. The van der Waals surface area contributed by atoms with Crippen LogP contribution in [-0.4, -0.2) is 18.1 Å². The van der Waals surface area contributed by atoms with Crippen LogP contribution in [0.1, 0.15) is 62.3 Å². The maximum atomic E-state index is 11.6. The number of aromatic amines is 1. The summed E-state index contributed by atoms with van der Waals surface area (Å²) in [6.07, 6.45) is 10.0. The van der Waals surface area contributed by atoms with Crippen LogP contribution in [0.5, 0.6) is 0 Å². The molecule has 23 heavy (non-hydrogen) atoms. The molecule has 0 saturated carbocycles. The third-order valence-electron chi connectivity index (χ3n) is 3.95. The van der Waals surface area contributed by atoms with E-state index in [2.05, 4.69) is 46.2 Å². The summed E-state index contributed by atoms with van der Waals surface area (Å²) in [5.41, 5.74) is 3.27. The summed E-state index contributed by atoms with van der Waals surface area (Å²) in [7, 11) is 1.29. The lowest BCUT2D eigenvalue weighted by molar-refractivity contribution is -0.135. The van der Waals surface area contributed by atoms with Crippen LogP contribution in [0, 0.1) is 22.0 Å². The van der Waals surface area contributed by atoms with Crippen molar-refractivity contribution in [3.8, 4) is 6.07 Å². The van der Waals surface area contributed by atoms with E-state index in [0.717, 1.165) is 22.2 Å². The largest absolute Gasteiger partial charge is 0.465 e. The molecule has 0 amide bonds. The van der Waals surface area contributed by atoms with E-state index in [9.17, 15) is 4.79 Å². The standard InChI is InChI=1S/C18H25IN2O2/c1-4-5-6-7-8-9-10-15-13(2)17(19)21-16(15)11-14(12-20)18(22)23-3/h11,21H,4-10H2,1-3H3/b14-11+. The van der Waals surface area contributed by atoms with Crippen LogP contribution in [0.25, 0.3) is 6.08 Å². The number of hydrogen-bond donors (Lipinski definition) is 1. The monoisotopic (exact) mass is 428 g/mol. The van der Waals surface area contributed by atoms with Gasteiger partial charge in [0.05, 0.1) is 10.8 Å². The molecule has 1 rings (SSSR count). The normalized spacial score (nSPS) is 11.3. The van der Waals surface area contributed by atoms with Crippen LogP contribution in [-0.2, 0) is 16.0 Å². The number of hydrogen-bond acceptors (Lipinski definition) is 3. The van der Waals surface area contributed by atoms with Crippen molar-refractivity contribution < 1.29 is 9.53 Å². The fraction of sp³-hybridized carbons (Fsp3) is 0.556. The van der Waals surface area contributed by atoms with Gasteiger partial charge in [-0.05, 0) is 59.6 Å². The fourth-order valence-corrected chi connectivity index (χ4v) is 3.16. The van der Waals surface area contributed by atoms with E-state index in [4.69, 9.17) is 5.26 Å². The van der Waals surface area contributed by atoms with E-state index >= 15 is 0 Å². The number of ether oxygens (including phenoxy) is 1. The fourth-order valence-electron chi connectivity index (χ4n) is 2.54.